The van der Waals surface area contributed by atoms with E-state index < -0.39 is 21.8 Å². The fourth-order valence-electron chi connectivity index (χ4n) is 3.20. The van der Waals surface area contributed by atoms with E-state index in [1.807, 2.05) is 6.07 Å². The number of hydrogen-bond acceptors (Lipinski definition) is 5. The molecular weight excluding hydrogens is 354 g/mol. The quantitative estimate of drug-likeness (QED) is 0.791. The Balaban J connectivity index is 1.67. The predicted molar refractivity (Wildman–Crippen MR) is 93.1 cm³/mol. The van der Waals surface area contributed by atoms with Gasteiger partial charge in [0.25, 0.3) is 10.0 Å². The van der Waals surface area contributed by atoms with Crippen molar-refractivity contribution in [3.8, 4) is 6.07 Å². The Morgan fingerprint density at radius 1 is 1.15 bits per heavy atom. The number of carbonyl (C=O) groups excluding carboxylic acids is 2. The molecule has 1 aromatic carbocycles. The van der Waals surface area contributed by atoms with Crippen molar-refractivity contribution in [2.24, 2.45) is 11.8 Å². The average Bonchev–Trinajstić information content (AvgIpc) is 3.51. The number of sulfonamides is 1. The number of piperidine rings is 1. The van der Waals surface area contributed by atoms with Gasteiger partial charge in [-0.15, -0.1) is 0 Å². The second-order valence-electron chi connectivity index (χ2n) is 6.82. The van der Waals surface area contributed by atoms with E-state index in [1.54, 1.807) is 4.90 Å². The van der Waals surface area contributed by atoms with Crippen LogP contribution >= 0.6 is 0 Å². The van der Waals surface area contributed by atoms with Gasteiger partial charge in [-0.1, -0.05) is 6.07 Å². The van der Waals surface area contributed by atoms with Crippen LogP contribution in [0, 0.1) is 23.2 Å². The number of nitrogens with zero attached hydrogens (tertiary/aromatic N) is 3. The smallest absolute Gasteiger partial charge is 0.266 e. The van der Waals surface area contributed by atoms with Crippen LogP contribution in [0.15, 0.2) is 29.2 Å². The van der Waals surface area contributed by atoms with Crippen molar-refractivity contribution >= 4 is 21.8 Å². The molecule has 8 heteroatoms. The van der Waals surface area contributed by atoms with Crippen LogP contribution in [0.3, 0.4) is 0 Å². The molecule has 1 saturated heterocycles. The van der Waals surface area contributed by atoms with E-state index in [0.717, 1.165) is 17.1 Å². The molecule has 7 nitrogen and oxygen atoms in total. The molecule has 0 bridgehead atoms. The van der Waals surface area contributed by atoms with Crippen LogP contribution in [0.1, 0.15) is 31.2 Å². The minimum absolute atomic E-state index is 0.0752. The van der Waals surface area contributed by atoms with Crippen LogP contribution in [-0.4, -0.2) is 49.6 Å². The van der Waals surface area contributed by atoms with E-state index in [0.29, 0.717) is 25.9 Å². The van der Waals surface area contributed by atoms with Crippen LogP contribution in [0.5, 0.6) is 0 Å². The zero-order chi connectivity index (χ0) is 18.9. The SMILES string of the molecule is CN(C(=O)C1CCN(C(=O)C2CC2)CC1)S(=O)(=O)c1cccc(C#N)c1. The summed E-state index contributed by atoms with van der Waals surface area (Å²) in [5.74, 6) is -0.578. The van der Waals surface area contributed by atoms with Crippen molar-refractivity contribution in [2.45, 2.75) is 30.6 Å². The Hall–Kier alpha value is -2.40. The van der Waals surface area contributed by atoms with Gasteiger partial charge in [-0.2, -0.15) is 5.26 Å². The van der Waals surface area contributed by atoms with E-state index >= 15 is 0 Å². The highest BCUT2D eigenvalue weighted by atomic mass is 32.2. The van der Waals surface area contributed by atoms with Gasteiger partial charge < -0.3 is 4.90 Å². The summed E-state index contributed by atoms with van der Waals surface area (Å²) in [6.45, 7) is 0.979. The van der Waals surface area contributed by atoms with Gasteiger partial charge in [-0.05, 0) is 43.9 Å². The van der Waals surface area contributed by atoms with Gasteiger partial charge in [0.15, 0.2) is 0 Å². The van der Waals surface area contributed by atoms with Crippen molar-refractivity contribution in [1.29, 1.82) is 5.26 Å². The molecule has 0 unspecified atom stereocenters. The molecule has 1 heterocycles. The van der Waals surface area contributed by atoms with Crippen LogP contribution in [0.2, 0.25) is 0 Å². The lowest BCUT2D eigenvalue weighted by Gasteiger charge is -2.33. The standard InChI is InChI=1S/C18H21N3O4S/c1-20(26(24,25)16-4-2-3-13(11-16)12-19)17(22)15-7-9-21(10-8-15)18(23)14-5-6-14/h2-4,11,14-15H,5-10H2,1H3. The number of carbonyl (C=O) groups is 2. The molecule has 0 aromatic heterocycles. The summed E-state index contributed by atoms with van der Waals surface area (Å²) in [5.41, 5.74) is 0.221. The van der Waals surface area contributed by atoms with E-state index in [4.69, 9.17) is 5.26 Å². The Morgan fingerprint density at radius 3 is 2.38 bits per heavy atom. The number of likely N-dealkylation sites (tertiary alicyclic amines) is 1. The third kappa shape index (κ3) is 3.58. The molecule has 0 N–H and O–H groups in total. The largest absolute Gasteiger partial charge is 0.342 e. The van der Waals surface area contributed by atoms with Crippen molar-refractivity contribution in [3.05, 3.63) is 29.8 Å². The average molecular weight is 375 g/mol. The number of nitriles is 1. The van der Waals surface area contributed by atoms with Gasteiger partial charge in [0.1, 0.15) is 0 Å². The highest BCUT2D eigenvalue weighted by Crippen LogP contribution is 2.33. The summed E-state index contributed by atoms with van der Waals surface area (Å²) in [6.07, 6.45) is 2.83. The minimum atomic E-state index is -4.00. The summed E-state index contributed by atoms with van der Waals surface area (Å²) in [6, 6.07) is 7.51. The van der Waals surface area contributed by atoms with Crippen molar-refractivity contribution < 1.29 is 18.0 Å². The number of amides is 2. The molecule has 2 aliphatic rings. The van der Waals surface area contributed by atoms with Gasteiger partial charge in [0.05, 0.1) is 16.5 Å². The third-order valence-corrected chi connectivity index (χ3v) is 6.77. The molecular formula is C18H21N3O4S. The maximum Gasteiger partial charge on any atom is 0.266 e. The zero-order valence-corrected chi connectivity index (χ0v) is 15.4. The predicted octanol–water partition coefficient (Wildman–Crippen LogP) is 1.35. The van der Waals surface area contributed by atoms with Crippen LogP contribution in [0.4, 0.5) is 0 Å². The Labute approximate surface area is 153 Å². The van der Waals surface area contributed by atoms with Gasteiger partial charge in [0, 0.05) is 32.0 Å². The molecule has 0 spiro atoms. The van der Waals surface area contributed by atoms with E-state index in [1.165, 1.54) is 31.3 Å². The lowest BCUT2D eigenvalue weighted by molar-refractivity contribution is -0.138. The molecule has 1 saturated carbocycles. The highest BCUT2D eigenvalue weighted by molar-refractivity contribution is 7.89. The van der Waals surface area contributed by atoms with Gasteiger partial charge in [-0.3, -0.25) is 9.59 Å². The van der Waals surface area contributed by atoms with Crippen molar-refractivity contribution in [1.82, 2.24) is 9.21 Å². The maximum atomic E-state index is 12.7. The Kier molecular flexibility index (Phi) is 5.01. The van der Waals surface area contributed by atoms with Crippen molar-refractivity contribution in [2.75, 3.05) is 20.1 Å². The summed E-state index contributed by atoms with van der Waals surface area (Å²) in [4.78, 5) is 26.5. The molecule has 2 amide bonds. The molecule has 138 valence electrons. The first-order chi connectivity index (χ1) is 12.3. The fraction of sp³-hybridized carbons (Fsp3) is 0.500. The van der Waals surface area contributed by atoms with E-state index in [9.17, 15) is 18.0 Å². The van der Waals surface area contributed by atoms with Crippen molar-refractivity contribution in [3.63, 3.8) is 0 Å². The molecule has 2 fully saturated rings. The summed E-state index contributed by atoms with van der Waals surface area (Å²) < 4.78 is 26.1. The summed E-state index contributed by atoms with van der Waals surface area (Å²) >= 11 is 0. The lowest BCUT2D eigenvalue weighted by Crippen LogP contribution is -2.45. The lowest BCUT2D eigenvalue weighted by atomic mass is 9.95. The molecule has 0 radical (unpaired) electrons. The first-order valence-electron chi connectivity index (χ1n) is 8.66. The first kappa shape index (κ1) is 18.4. The normalized spacial score (nSPS) is 18.2. The fourth-order valence-corrected chi connectivity index (χ4v) is 4.42. The minimum Gasteiger partial charge on any atom is -0.342 e. The molecule has 26 heavy (non-hydrogen) atoms. The molecule has 3 rings (SSSR count). The maximum absolute atomic E-state index is 12.7. The molecule has 0 atom stereocenters. The second kappa shape index (κ2) is 7.08. The van der Waals surface area contributed by atoms with Gasteiger partial charge >= 0.3 is 0 Å². The second-order valence-corrected chi connectivity index (χ2v) is 8.79. The van der Waals surface area contributed by atoms with Crippen LogP contribution in [-0.2, 0) is 19.6 Å². The van der Waals surface area contributed by atoms with Crippen LogP contribution in [0.25, 0.3) is 0 Å². The summed E-state index contributed by atoms with van der Waals surface area (Å²) in [7, 11) is -2.75. The van der Waals surface area contributed by atoms with Gasteiger partial charge in [0.2, 0.25) is 11.8 Å². The first-order valence-corrected chi connectivity index (χ1v) is 10.1. The molecule has 1 aliphatic heterocycles. The monoisotopic (exact) mass is 375 g/mol. The van der Waals surface area contributed by atoms with E-state index in [-0.39, 0.29) is 22.3 Å². The highest BCUT2D eigenvalue weighted by Gasteiger charge is 2.38. The Bertz CT molecular complexity index is 863. The molecule has 1 aliphatic carbocycles. The Morgan fingerprint density at radius 2 is 1.81 bits per heavy atom. The number of rotatable bonds is 4. The number of benzene rings is 1. The third-order valence-electron chi connectivity index (χ3n) is 5.01. The van der Waals surface area contributed by atoms with E-state index in [2.05, 4.69) is 0 Å². The molecule has 1 aromatic rings. The topological polar surface area (TPSA) is 98.6 Å². The van der Waals surface area contributed by atoms with Crippen LogP contribution < -0.4 is 0 Å². The number of hydrogen-bond donors (Lipinski definition) is 0. The summed E-state index contributed by atoms with van der Waals surface area (Å²) in [5, 5.41) is 8.93. The van der Waals surface area contributed by atoms with Gasteiger partial charge in [-0.25, -0.2) is 12.7 Å². The zero-order valence-electron chi connectivity index (χ0n) is 14.6.